The minimum Gasteiger partial charge on any atom is -0.366 e. The van der Waals surface area contributed by atoms with E-state index in [0.717, 1.165) is 13.1 Å². The molecule has 1 fully saturated rings. The van der Waals surface area contributed by atoms with Crippen LogP contribution in [-0.4, -0.2) is 44.9 Å². The van der Waals surface area contributed by atoms with Crippen LogP contribution in [0.3, 0.4) is 0 Å². The van der Waals surface area contributed by atoms with Crippen molar-refractivity contribution in [3.05, 3.63) is 29.8 Å². The summed E-state index contributed by atoms with van der Waals surface area (Å²) in [6.45, 7) is 6.57. The van der Waals surface area contributed by atoms with E-state index in [4.69, 9.17) is 5.73 Å². The molecule has 116 valence electrons. The molecule has 3 N–H and O–H groups in total. The molecule has 7 heteroatoms. The van der Waals surface area contributed by atoms with Gasteiger partial charge in [0.1, 0.15) is 0 Å². The van der Waals surface area contributed by atoms with Gasteiger partial charge < -0.3 is 10.6 Å². The van der Waals surface area contributed by atoms with Crippen LogP contribution in [0.15, 0.2) is 29.2 Å². The third kappa shape index (κ3) is 3.61. The number of hydrogen-bond donors (Lipinski definition) is 2. The normalized spacial score (nSPS) is 23.3. The van der Waals surface area contributed by atoms with Gasteiger partial charge >= 0.3 is 0 Å². The molecule has 1 aromatic rings. The van der Waals surface area contributed by atoms with Crippen molar-refractivity contribution >= 4 is 15.9 Å². The monoisotopic (exact) mass is 311 g/mol. The van der Waals surface area contributed by atoms with Gasteiger partial charge in [0, 0.05) is 24.7 Å². The van der Waals surface area contributed by atoms with Gasteiger partial charge in [-0.25, -0.2) is 13.1 Å². The second-order valence-corrected chi connectivity index (χ2v) is 7.16. The van der Waals surface area contributed by atoms with E-state index in [-0.39, 0.29) is 22.4 Å². The number of primary amides is 1. The van der Waals surface area contributed by atoms with Crippen molar-refractivity contribution in [3.63, 3.8) is 0 Å². The Hall–Kier alpha value is -1.44. The van der Waals surface area contributed by atoms with Crippen LogP contribution in [0.4, 0.5) is 0 Å². The number of nitrogens with one attached hydrogen (secondary N) is 1. The number of rotatable bonds is 5. The van der Waals surface area contributed by atoms with Gasteiger partial charge in [-0.15, -0.1) is 0 Å². The lowest BCUT2D eigenvalue weighted by atomic mass is 10.1. The molecule has 1 aromatic carbocycles. The molecule has 1 aliphatic rings. The van der Waals surface area contributed by atoms with Crippen LogP contribution >= 0.6 is 0 Å². The van der Waals surface area contributed by atoms with E-state index in [2.05, 4.69) is 16.5 Å². The van der Waals surface area contributed by atoms with Gasteiger partial charge in [-0.1, -0.05) is 19.9 Å². The maximum absolute atomic E-state index is 12.4. The van der Waals surface area contributed by atoms with Gasteiger partial charge in [-0.05, 0) is 30.7 Å². The first-order valence-electron chi connectivity index (χ1n) is 6.98. The number of amides is 1. The number of carbonyl (C=O) groups excluding carboxylic acids is 1. The van der Waals surface area contributed by atoms with E-state index in [1.54, 1.807) is 0 Å². The first-order valence-corrected chi connectivity index (χ1v) is 8.46. The highest BCUT2D eigenvalue weighted by Crippen LogP contribution is 2.19. The summed E-state index contributed by atoms with van der Waals surface area (Å²) in [4.78, 5) is 13.4. The number of nitrogens with two attached hydrogens (primary N) is 1. The lowest BCUT2D eigenvalue weighted by Gasteiger charge is -2.17. The maximum Gasteiger partial charge on any atom is 0.248 e. The zero-order valence-electron chi connectivity index (χ0n) is 12.2. The van der Waals surface area contributed by atoms with Gasteiger partial charge in [0.25, 0.3) is 0 Å². The van der Waals surface area contributed by atoms with Crippen molar-refractivity contribution in [1.82, 2.24) is 9.62 Å². The van der Waals surface area contributed by atoms with Crippen molar-refractivity contribution in [3.8, 4) is 0 Å². The fraction of sp³-hybridized carbons (Fsp3) is 0.500. The zero-order valence-corrected chi connectivity index (χ0v) is 13.1. The van der Waals surface area contributed by atoms with E-state index in [1.165, 1.54) is 24.3 Å². The number of nitrogens with zero attached hydrogens (tertiary/aromatic N) is 1. The van der Waals surface area contributed by atoms with Crippen molar-refractivity contribution in [1.29, 1.82) is 0 Å². The largest absolute Gasteiger partial charge is 0.366 e. The molecule has 0 aliphatic carbocycles. The predicted molar refractivity (Wildman–Crippen MR) is 80.3 cm³/mol. The number of likely N-dealkylation sites (tertiary alicyclic amines) is 1. The number of likely N-dealkylation sites (N-methyl/N-ethyl adjacent to an activating group) is 1. The third-order valence-corrected chi connectivity index (χ3v) is 5.36. The van der Waals surface area contributed by atoms with Gasteiger partial charge in [0.2, 0.25) is 15.9 Å². The Morgan fingerprint density at radius 1 is 1.43 bits per heavy atom. The first-order chi connectivity index (χ1) is 9.83. The first kappa shape index (κ1) is 15.9. The van der Waals surface area contributed by atoms with Gasteiger partial charge in [-0.3, -0.25) is 4.79 Å². The van der Waals surface area contributed by atoms with E-state index in [9.17, 15) is 13.2 Å². The summed E-state index contributed by atoms with van der Waals surface area (Å²) in [5.41, 5.74) is 5.37. The Morgan fingerprint density at radius 3 is 2.71 bits per heavy atom. The maximum atomic E-state index is 12.4. The molecule has 0 saturated carbocycles. The quantitative estimate of drug-likeness (QED) is 0.823. The molecule has 0 spiro atoms. The standard InChI is InChI=1S/C14H21N3O3S/c1-3-17-8-10(2)13(9-17)16-21(19,20)12-6-4-5-11(7-12)14(15)18/h4-7,10,13,16H,3,8-9H2,1-2H3,(H2,15,18). The highest BCUT2D eigenvalue weighted by atomic mass is 32.2. The molecule has 2 atom stereocenters. The SMILES string of the molecule is CCN1CC(C)C(NS(=O)(=O)c2cccc(C(N)=O)c2)C1. The zero-order chi connectivity index (χ0) is 15.6. The highest BCUT2D eigenvalue weighted by Gasteiger charge is 2.32. The van der Waals surface area contributed by atoms with Crippen LogP contribution < -0.4 is 10.5 Å². The van der Waals surface area contributed by atoms with Crippen LogP contribution in [0.2, 0.25) is 0 Å². The summed E-state index contributed by atoms with van der Waals surface area (Å²) in [6, 6.07) is 5.67. The molecule has 1 saturated heterocycles. The number of carbonyl (C=O) groups is 1. The van der Waals surface area contributed by atoms with Crippen LogP contribution in [0.5, 0.6) is 0 Å². The summed E-state index contributed by atoms with van der Waals surface area (Å²) in [7, 11) is -3.65. The Balaban J connectivity index is 2.19. The van der Waals surface area contributed by atoms with Crippen LogP contribution in [-0.2, 0) is 10.0 Å². The summed E-state index contributed by atoms with van der Waals surface area (Å²) >= 11 is 0. The molecule has 2 unspecified atom stereocenters. The number of benzene rings is 1. The molecule has 2 rings (SSSR count). The van der Waals surface area contributed by atoms with Gasteiger partial charge in [0.15, 0.2) is 0 Å². The summed E-state index contributed by atoms with van der Waals surface area (Å²) in [5.74, 6) is -0.391. The highest BCUT2D eigenvalue weighted by molar-refractivity contribution is 7.89. The topological polar surface area (TPSA) is 92.5 Å². The van der Waals surface area contributed by atoms with Crippen molar-refractivity contribution in [2.75, 3.05) is 19.6 Å². The van der Waals surface area contributed by atoms with Crippen LogP contribution in [0.25, 0.3) is 0 Å². The lowest BCUT2D eigenvalue weighted by molar-refractivity contribution is 0.1000. The summed E-state index contributed by atoms with van der Waals surface area (Å²) < 4.78 is 27.6. The molecule has 0 aromatic heterocycles. The second-order valence-electron chi connectivity index (χ2n) is 5.45. The number of sulfonamides is 1. The average molecular weight is 311 g/mol. The fourth-order valence-electron chi connectivity index (χ4n) is 2.56. The van der Waals surface area contributed by atoms with Crippen LogP contribution in [0.1, 0.15) is 24.2 Å². The summed E-state index contributed by atoms with van der Waals surface area (Å²) in [5, 5.41) is 0. The summed E-state index contributed by atoms with van der Waals surface area (Å²) in [6.07, 6.45) is 0. The van der Waals surface area contributed by atoms with E-state index >= 15 is 0 Å². The Bertz CT molecular complexity index is 630. The van der Waals surface area contributed by atoms with E-state index in [1.807, 2.05) is 6.92 Å². The fourth-order valence-corrected chi connectivity index (χ4v) is 3.94. The minimum atomic E-state index is -3.65. The van der Waals surface area contributed by atoms with Gasteiger partial charge in [-0.2, -0.15) is 0 Å². The molecule has 1 aliphatic heterocycles. The molecule has 6 nitrogen and oxygen atoms in total. The molecular formula is C14H21N3O3S. The molecule has 0 bridgehead atoms. The lowest BCUT2D eigenvalue weighted by Crippen LogP contribution is -2.39. The molecular weight excluding hydrogens is 290 g/mol. The van der Waals surface area contributed by atoms with Crippen molar-refractivity contribution < 1.29 is 13.2 Å². The molecule has 21 heavy (non-hydrogen) atoms. The van der Waals surface area contributed by atoms with E-state index < -0.39 is 15.9 Å². The third-order valence-electron chi connectivity index (χ3n) is 3.87. The van der Waals surface area contributed by atoms with Crippen molar-refractivity contribution in [2.24, 2.45) is 11.7 Å². The minimum absolute atomic E-state index is 0.0703. The van der Waals surface area contributed by atoms with E-state index in [0.29, 0.717) is 6.54 Å². The predicted octanol–water partition coefficient (Wildman–Crippen LogP) is 0.404. The van der Waals surface area contributed by atoms with Crippen molar-refractivity contribution in [2.45, 2.75) is 24.8 Å². The molecule has 1 amide bonds. The number of hydrogen-bond acceptors (Lipinski definition) is 4. The Kier molecular flexibility index (Phi) is 4.65. The van der Waals surface area contributed by atoms with Crippen LogP contribution in [0, 0.1) is 5.92 Å². The molecule has 0 radical (unpaired) electrons. The average Bonchev–Trinajstić information content (AvgIpc) is 2.79. The second kappa shape index (κ2) is 6.13. The molecule has 1 heterocycles. The van der Waals surface area contributed by atoms with Gasteiger partial charge in [0.05, 0.1) is 4.90 Å². The Morgan fingerprint density at radius 2 is 2.14 bits per heavy atom. The smallest absolute Gasteiger partial charge is 0.248 e. The Labute approximate surface area is 125 Å².